The van der Waals surface area contributed by atoms with Gasteiger partial charge in [-0.1, -0.05) is 46.7 Å². The van der Waals surface area contributed by atoms with Crippen LogP contribution in [-0.4, -0.2) is 123 Å². The van der Waals surface area contributed by atoms with Gasteiger partial charge in [-0.2, -0.15) is 20.5 Å². The Morgan fingerprint density at radius 1 is 0.753 bits per heavy atom. The van der Waals surface area contributed by atoms with Gasteiger partial charge in [0, 0.05) is 74.1 Å². The molecule has 4 atom stereocenters. The number of β-amino-alcohol motifs (C(OH)–C–C–N with tert-alkyl or cyclic N) is 1. The second kappa shape index (κ2) is 21.6. The highest BCUT2D eigenvalue weighted by Crippen LogP contribution is 2.40. The maximum absolute atomic E-state index is 13.5. The van der Waals surface area contributed by atoms with Crippen molar-refractivity contribution in [3.05, 3.63) is 106 Å². The van der Waals surface area contributed by atoms with E-state index in [1.165, 1.54) is 0 Å². The summed E-state index contributed by atoms with van der Waals surface area (Å²) in [6.45, 7) is 10.6. The third-order valence-corrected chi connectivity index (χ3v) is 14.3. The summed E-state index contributed by atoms with van der Waals surface area (Å²) in [5.74, 6) is 2.58. The van der Waals surface area contributed by atoms with E-state index in [4.69, 9.17) is 28.5 Å². The number of aromatic nitrogens is 4. The molecular weight excluding hydrogens is 927 g/mol. The fourth-order valence-corrected chi connectivity index (χ4v) is 10.5. The highest BCUT2D eigenvalue weighted by molar-refractivity contribution is 5.79. The number of carbonyl (C=O) groups excluding carboxylic acids is 2. The monoisotopic (exact) mass is 985 g/mol. The number of nitrogens with one attached hydrogen (secondary N) is 2. The fraction of sp³-hybridized carbons (Fsp3) is 0.418. The number of aliphatic hydroxyl groups excluding tert-OH is 1. The molecule has 2 saturated heterocycles. The van der Waals surface area contributed by atoms with Gasteiger partial charge in [-0.25, -0.2) is 4.79 Å². The summed E-state index contributed by atoms with van der Waals surface area (Å²) in [7, 11) is 0. The zero-order valence-corrected chi connectivity index (χ0v) is 41.3. The minimum absolute atomic E-state index is 0.0184. The van der Waals surface area contributed by atoms with E-state index in [0.29, 0.717) is 83.9 Å². The van der Waals surface area contributed by atoms with Gasteiger partial charge in [0.05, 0.1) is 42.0 Å². The van der Waals surface area contributed by atoms with Gasteiger partial charge in [-0.05, 0) is 124 Å². The fourth-order valence-electron chi connectivity index (χ4n) is 10.5. The van der Waals surface area contributed by atoms with Crippen LogP contribution >= 0.6 is 0 Å². The van der Waals surface area contributed by atoms with Gasteiger partial charge in [-0.15, -0.1) is 0 Å². The Morgan fingerprint density at radius 2 is 1.34 bits per heavy atom. The van der Waals surface area contributed by atoms with E-state index in [9.17, 15) is 25.2 Å². The van der Waals surface area contributed by atoms with Gasteiger partial charge in [-0.3, -0.25) is 9.69 Å². The lowest BCUT2D eigenvalue weighted by Gasteiger charge is -2.35. The van der Waals surface area contributed by atoms with E-state index in [1.807, 2.05) is 68.1 Å². The Labute approximate surface area is 423 Å². The van der Waals surface area contributed by atoms with Crippen molar-refractivity contribution in [1.82, 2.24) is 45.6 Å². The quantitative estimate of drug-likeness (QED) is 0.0911. The van der Waals surface area contributed by atoms with Crippen molar-refractivity contribution in [2.75, 3.05) is 52.4 Å². The Morgan fingerprint density at radius 3 is 1.93 bits per heavy atom. The number of benzene rings is 4. The number of urea groups is 1. The van der Waals surface area contributed by atoms with E-state index in [-0.39, 0.29) is 48.7 Å². The first-order valence-electron chi connectivity index (χ1n) is 25.3. The van der Waals surface area contributed by atoms with Crippen LogP contribution in [0.1, 0.15) is 98.3 Å². The van der Waals surface area contributed by atoms with Crippen molar-refractivity contribution in [2.24, 2.45) is 0 Å². The third-order valence-electron chi connectivity index (χ3n) is 14.3. The zero-order valence-electron chi connectivity index (χ0n) is 41.3. The highest BCUT2D eigenvalue weighted by Gasteiger charge is 2.32. The summed E-state index contributed by atoms with van der Waals surface area (Å²) in [6, 6.07) is 26.7. The van der Waals surface area contributed by atoms with Gasteiger partial charge in [0.1, 0.15) is 23.6 Å². The van der Waals surface area contributed by atoms with Gasteiger partial charge in [0.25, 0.3) is 11.8 Å². The van der Waals surface area contributed by atoms with Crippen LogP contribution in [0, 0.1) is 22.7 Å². The number of aliphatic hydroxyl groups is 1. The number of nitriles is 2. The molecule has 0 bridgehead atoms. The van der Waals surface area contributed by atoms with Gasteiger partial charge in [0.2, 0.25) is 17.6 Å². The molecule has 376 valence electrons. The Balaban J connectivity index is 0.679. The first-order chi connectivity index (χ1) is 35.5. The normalized spacial score (nSPS) is 19.0. The number of likely N-dealkylation sites (tertiary alicyclic amines) is 1. The molecule has 0 radical (unpaired) electrons. The summed E-state index contributed by atoms with van der Waals surface area (Å²) in [6.07, 6.45) is 4.65. The maximum atomic E-state index is 13.5. The number of piperazine rings is 1. The van der Waals surface area contributed by atoms with Crippen LogP contribution in [0.15, 0.2) is 81.8 Å². The molecule has 4 aliphatic rings. The summed E-state index contributed by atoms with van der Waals surface area (Å²) in [4.78, 5) is 41.9. The van der Waals surface area contributed by atoms with E-state index >= 15 is 0 Å². The van der Waals surface area contributed by atoms with Crippen LogP contribution < -0.4 is 20.1 Å². The molecule has 2 aromatic heterocycles. The second-order valence-electron chi connectivity index (χ2n) is 19.6. The first kappa shape index (κ1) is 49.0. The minimum Gasteiger partial charge on any atom is -0.490 e. The van der Waals surface area contributed by atoms with Crippen LogP contribution in [0.4, 0.5) is 4.79 Å². The number of amides is 3. The number of fused-ring (bicyclic) bond motifs is 2. The maximum Gasteiger partial charge on any atom is 0.317 e. The lowest BCUT2D eigenvalue weighted by Crippen LogP contribution is -2.51. The number of hydrogen-bond acceptors (Lipinski definition) is 15. The first-order valence-corrected chi connectivity index (χ1v) is 25.3. The van der Waals surface area contributed by atoms with Gasteiger partial charge in [0.15, 0.2) is 0 Å². The number of ether oxygens (including phenoxy) is 2. The molecule has 2 fully saturated rings. The van der Waals surface area contributed by atoms with Gasteiger partial charge < -0.3 is 44.1 Å². The van der Waals surface area contributed by atoms with Crippen molar-refractivity contribution < 1.29 is 33.2 Å². The van der Waals surface area contributed by atoms with Crippen molar-refractivity contribution in [3.63, 3.8) is 0 Å². The number of rotatable bonds is 15. The number of nitrogens with zero attached hydrogens (tertiary/aromatic N) is 9. The highest BCUT2D eigenvalue weighted by atomic mass is 16.5. The molecule has 0 saturated carbocycles. The van der Waals surface area contributed by atoms with Crippen LogP contribution in [0.5, 0.6) is 11.5 Å². The van der Waals surface area contributed by atoms with Gasteiger partial charge >= 0.3 is 6.03 Å². The molecule has 2 aliphatic heterocycles. The molecule has 2 unspecified atom stereocenters. The lowest BCUT2D eigenvalue weighted by molar-refractivity contribution is -0.132. The second-order valence-corrected chi connectivity index (χ2v) is 19.6. The molecule has 3 N–H and O–H groups in total. The Kier molecular flexibility index (Phi) is 14.5. The summed E-state index contributed by atoms with van der Waals surface area (Å²) >= 11 is 0. The van der Waals surface area contributed by atoms with E-state index < -0.39 is 6.10 Å². The summed E-state index contributed by atoms with van der Waals surface area (Å²) < 4.78 is 23.5. The van der Waals surface area contributed by atoms with E-state index in [2.05, 4.69) is 44.1 Å². The van der Waals surface area contributed by atoms with Crippen LogP contribution in [0.2, 0.25) is 0 Å². The molecule has 6 aromatic rings. The number of carbonyl (C=O) groups is 2. The van der Waals surface area contributed by atoms with Crippen molar-refractivity contribution in [2.45, 2.75) is 96.1 Å². The van der Waals surface area contributed by atoms with E-state index in [1.54, 1.807) is 29.2 Å². The molecule has 2 aliphatic carbocycles. The Bertz CT molecular complexity index is 3070. The summed E-state index contributed by atoms with van der Waals surface area (Å²) in [5.41, 5.74) is 8.07. The van der Waals surface area contributed by atoms with Crippen molar-refractivity contribution in [3.8, 4) is 69.3 Å². The third kappa shape index (κ3) is 10.8. The molecule has 18 heteroatoms. The smallest absolute Gasteiger partial charge is 0.317 e. The topological polar surface area (TPSA) is 232 Å². The molecule has 73 heavy (non-hydrogen) atoms. The lowest BCUT2D eigenvalue weighted by atomic mass is 10.0. The Hall–Kier alpha value is -7.64. The average Bonchev–Trinajstić information content (AvgIpc) is 4.25. The average molecular weight is 986 g/mol. The largest absolute Gasteiger partial charge is 0.490 e. The molecule has 4 aromatic carbocycles. The molecule has 18 nitrogen and oxygen atoms in total. The standard InChI is InChI=1S/C55H59N11O7/c1-33(2)70-48-18-12-35(27-37(48)29-56)53-60-51(62-72-53)44-10-4-8-42-40(44)14-16-46(42)58-31-50(68)65-25-23-64(24-26-65)22-20-34(3)71-49-19-13-36(28-38(49)30-57)54-61-52(63-73-54)45-11-5-9-43-41(45)15-17-47(43)59-55(69)66-21-6-7-39(67)32-66/h4-5,8-13,18-19,27-28,33-34,39,46-47,58,67H,6-7,14-17,20-26,31-32H2,1-3H3,(H,59,69)/t34?,39-,46?,47-/m0/s1. The molecule has 0 spiro atoms. The molecular formula is C55H59N11O7. The number of piperidine rings is 1. The van der Waals surface area contributed by atoms with Crippen LogP contribution in [0.3, 0.4) is 0 Å². The minimum atomic E-state index is -0.487. The van der Waals surface area contributed by atoms with Crippen molar-refractivity contribution >= 4 is 11.9 Å². The predicted octanol–water partition coefficient (Wildman–Crippen LogP) is 7.38. The van der Waals surface area contributed by atoms with Crippen LogP contribution in [0.25, 0.3) is 45.7 Å². The van der Waals surface area contributed by atoms with Crippen molar-refractivity contribution in [1.29, 1.82) is 10.5 Å². The molecule has 3 amide bonds. The number of hydrogen-bond donors (Lipinski definition) is 3. The predicted molar refractivity (Wildman–Crippen MR) is 269 cm³/mol. The summed E-state index contributed by atoms with van der Waals surface area (Å²) in [5, 5.41) is 45.2. The SMILES string of the molecule is CC(C)Oc1ccc(-c2nc(-c3cccc4c3CCC4NCC(=O)N3CCN(CCC(C)Oc4ccc(-c5nc(-c6cccc7c6CC[C@@H]7NC(=O)N6CCC[C@H](O)C6)no5)cc4C#N)CC3)no2)cc1C#N. The zero-order chi connectivity index (χ0) is 50.6. The van der Waals surface area contributed by atoms with E-state index in [0.717, 1.165) is 91.5 Å². The van der Waals surface area contributed by atoms with Crippen LogP contribution in [-0.2, 0) is 17.6 Å². The molecule has 10 rings (SSSR count). The molecule has 4 heterocycles.